The second-order valence-electron chi connectivity index (χ2n) is 4.17. The Bertz CT molecular complexity index is 539. The quantitative estimate of drug-likeness (QED) is 0.779. The van der Waals surface area contributed by atoms with Crippen molar-refractivity contribution >= 4 is 36.2 Å². The van der Waals surface area contributed by atoms with Crippen LogP contribution in [0.5, 0.6) is 0 Å². The Morgan fingerprint density at radius 3 is 2.06 bits per heavy atom. The number of hydrogen-bond donors (Lipinski definition) is 2. The average molecular weight is 285 g/mol. The lowest BCUT2D eigenvalue weighted by Crippen LogP contribution is -1.94. The number of anilines is 2. The van der Waals surface area contributed by atoms with E-state index in [0.717, 1.165) is 22.5 Å². The van der Waals surface area contributed by atoms with Gasteiger partial charge in [0.05, 0.1) is 0 Å². The predicted molar refractivity (Wildman–Crippen MR) is 84.7 cm³/mol. The molecule has 0 saturated heterocycles. The lowest BCUT2D eigenvalue weighted by atomic mass is 9.97. The molecule has 2 aromatic rings. The van der Waals surface area contributed by atoms with Crippen molar-refractivity contribution in [3.05, 3.63) is 47.5 Å². The van der Waals surface area contributed by atoms with E-state index in [9.17, 15) is 0 Å². The lowest BCUT2D eigenvalue weighted by molar-refractivity contribution is 1.38. The number of halogens is 2. The molecule has 2 nitrogen and oxygen atoms in total. The fourth-order valence-electron chi connectivity index (χ4n) is 1.92. The standard InChI is InChI=1S/C14H16N2.2ClH/c1-9-3-5-12(10(2)7-9)13-8-11(15)4-6-14(13)16;;/h3-8H,15-16H2,1-2H3;2*1H. The van der Waals surface area contributed by atoms with Crippen LogP contribution in [0.25, 0.3) is 11.1 Å². The highest BCUT2D eigenvalue weighted by Crippen LogP contribution is 2.30. The molecule has 0 aliphatic heterocycles. The monoisotopic (exact) mass is 284 g/mol. The van der Waals surface area contributed by atoms with Crippen LogP contribution in [-0.4, -0.2) is 0 Å². The first-order valence-electron chi connectivity index (χ1n) is 5.30. The topological polar surface area (TPSA) is 52.0 Å². The summed E-state index contributed by atoms with van der Waals surface area (Å²) < 4.78 is 0. The molecule has 2 aromatic carbocycles. The minimum absolute atomic E-state index is 0. The van der Waals surface area contributed by atoms with Crippen LogP contribution in [0.2, 0.25) is 0 Å². The van der Waals surface area contributed by atoms with Crippen LogP contribution in [0.3, 0.4) is 0 Å². The fraction of sp³-hybridized carbons (Fsp3) is 0.143. The number of benzene rings is 2. The number of aryl methyl sites for hydroxylation is 2. The van der Waals surface area contributed by atoms with Crippen molar-refractivity contribution < 1.29 is 0 Å². The van der Waals surface area contributed by atoms with Gasteiger partial charge in [-0.05, 0) is 43.2 Å². The van der Waals surface area contributed by atoms with Gasteiger partial charge in [0.2, 0.25) is 0 Å². The lowest BCUT2D eigenvalue weighted by Gasteiger charge is -2.10. The van der Waals surface area contributed by atoms with Gasteiger partial charge >= 0.3 is 0 Å². The molecule has 0 aliphatic carbocycles. The maximum atomic E-state index is 5.97. The Kier molecular flexibility index (Phi) is 6.02. The minimum Gasteiger partial charge on any atom is -0.399 e. The molecule has 98 valence electrons. The Hall–Kier alpha value is -1.38. The molecule has 0 spiro atoms. The van der Waals surface area contributed by atoms with Crippen LogP contribution in [0, 0.1) is 13.8 Å². The van der Waals surface area contributed by atoms with Crippen LogP contribution in [0.1, 0.15) is 11.1 Å². The maximum absolute atomic E-state index is 5.97. The molecular weight excluding hydrogens is 267 g/mol. The number of nitrogens with two attached hydrogens (primary N) is 2. The molecule has 0 bridgehead atoms. The molecule has 0 aromatic heterocycles. The molecule has 0 radical (unpaired) electrons. The molecule has 2 rings (SSSR count). The number of hydrogen-bond acceptors (Lipinski definition) is 2. The Balaban J connectivity index is 0.00000144. The molecule has 0 heterocycles. The third-order valence-corrected chi connectivity index (χ3v) is 2.75. The summed E-state index contributed by atoms with van der Waals surface area (Å²) in [4.78, 5) is 0. The van der Waals surface area contributed by atoms with E-state index in [1.807, 2.05) is 18.2 Å². The zero-order valence-electron chi connectivity index (χ0n) is 10.4. The first-order valence-corrected chi connectivity index (χ1v) is 5.30. The average Bonchev–Trinajstić information content (AvgIpc) is 2.22. The minimum atomic E-state index is 0. The largest absolute Gasteiger partial charge is 0.399 e. The first-order chi connectivity index (χ1) is 7.58. The van der Waals surface area contributed by atoms with Gasteiger partial charge in [0, 0.05) is 16.9 Å². The SMILES string of the molecule is Cc1ccc(-c2cc(N)ccc2N)c(C)c1.Cl.Cl. The number of nitrogen functional groups attached to an aromatic ring is 2. The summed E-state index contributed by atoms with van der Waals surface area (Å²) in [5.41, 5.74) is 17.9. The van der Waals surface area contributed by atoms with Gasteiger partial charge in [-0.3, -0.25) is 0 Å². The van der Waals surface area contributed by atoms with Gasteiger partial charge in [-0.15, -0.1) is 24.8 Å². The smallest absolute Gasteiger partial charge is 0.0395 e. The zero-order chi connectivity index (χ0) is 11.7. The van der Waals surface area contributed by atoms with Crippen LogP contribution in [0.4, 0.5) is 11.4 Å². The third kappa shape index (κ3) is 3.31. The fourth-order valence-corrected chi connectivity index (χ4v) is 1.92. The van der Waals surface area contributed by atoms with E-state index in [0.29, 0.717) is 0 Å². The molecule has 18 heavy (non-hydrogen) atoms. The van der Waals surface area contributed by atoms with Crippen molar-refractivity contribution in [3.63, 3.8) is 0 Å². The van der Waals surface area contributed by atoms with Gasteiger partial charge in [0.15, 0.2) is 0 Å². The highest BCUT2D eigenvalue weighted by atomic mass is 35.5. The highest BCUT2D eigenvalue weighted by molar-refractivity contribution is 5.85. The molecule has 4 heteroatoms. The van der Waals surface area contributed by atoms with E-state index >= 15 is 0 Å². The summed E-state index contributed by atoms with van der Waals surface area (Å²) in [5, 5.41) is 0. The molecule has 0 saturated carbocycles. The van der Waals surface area contributed by atoms with E-state index in [1.165, 1.54) is 11.1 Å². The van der Waals surface area contributed by atoms with Crippen molar-refractivity contribution in [1.29, 1.82) is 0 Å². The second-order valence-corrected chi connectivity index (χ2v) is 4.17. The van der Waals surface area contributed by atoms with Gasteiger partial charge < -0.3 is 11.5 Å². The summed E-state index contributed by atoms with van der Waals surface area (Å²) in [7, 11) is 0. The third-order valence-electron chi connectivity index (χ3n) is 2.75. The van der Waals surface area contributed by atoms with Crippen LogP contribution < -0.4 is 11.5 Å². The van der Waals surface area contributed by atoms with Crippen LogP contribution >= 0.6 is 24.8 Å². The normalized spacial score (nSPS) is 9.22. The number of rotatable bonds is 1. The van der Waals surface area contributed by atoms with E-state index < -0.39 is 0 Å². The van der Waals surface area contributed by atoms with E-state index in [1.54, 1.807) is 0 Å². The van der Waals surface area contributed by atoms with Gasteiger partial charge in [0.1, 0.15) is 0 Å². The highest BCUT2D eigenvalue weighted by Gasteiger charge is 2.06. The Labute approximate surface area is 120 Å². The molecular formula is C14H18Cl2N2. The summed E-state index contributed by atoms with van der Waals surface area (Å²) >= 11 is 0. The Morgan fingerprint density at radius 1 is 0.778 bits per heavy atom. The van der Waals surface area contributed by atoms with Gasteiger partial charge in [0.25, 0.3) is 0 Å². The van der Waals surface area contributed by atoms with Crippen molar-refractivity contribution in [2.45, 2.75) is 13.8 Å². The summed E-state index contributed by atoms with van der Waals surface area (Å²) in [6, 6.07) is 11.9. The predicted octanol–water partition coefficient (Wildman–Crippen LogP) is 3.98. The Morgan fingerprint density at radius 2 is 1.44 bits per heavy atom. The summed E-state index contributed by atoms with van der Waals surface area (Å²) in [5.74, 6) is 0. The second kappa shape index (κ2) is 6.53. The molecule has 0 unspecified atom stereocenters. The first kappa shape index (κ1) is 16.6. The molecule has 0 aliphatic rings. The summed E-state index contributed by atoms with van der Waals surface area (Å²) in [6.45, 7) is 4.17. The van der Waals surface area contributed by atoms with E-state index in [-0.39, 0.29) is 24.8 Å². The van der Waals surface area contributed by atoms with E-state index in [4.69, 9.17) is 11.5 Å². The summed E-state index contributed by atoms with van der Waals surface area (Å²) in [6.07, 6.45) is 0. The molecule has 0 atom stereocenters. The van der Waals surface area contributed by atoms with Gasteiger partial charge in [-0.2, -0.15) is 0 Å². The molecule has 0 amide bonds. The molecule has 0 fully saturated rings. The van der Waals surface area contributed by atoms with Crippen molar-refractivity contribution in [2.24, 2.45) is 0 Å². The van der Waals surface area contributed by atoms with Gasteiger partial charge in [-0.25, -0.2) is 0 Å². The van der Waals surface area contributed by atoms with Crippen molar-refractivity contribution in [3.8, 4) is 11.1 Å². The van der Waals surface area contributed by atoms with Crippen molar-refractivity contribution in [2.75, 3.05) is 11.5 Å². The molecule has 4 N–H and O–H groups in total. The zero-order valence-corrected chi connectivity index (χ0v) is 12.1. The van der Waals surface area contributed by atoms with Crippen LogP contribution in [-0.2, 0) is 0 Å². The van der Waals surface area contributed by atoms with Crippen LogP contribution in [0.15, 0.2) is 36.4 Å². The van der Waals surface area contributed by atoms with Crippen molar-refractivity contribution in [1.82, 2.24) is 0 Å². The van der Waals surface area contributed by atoms with E-state index in [2.05, 4.69) is 32.0 Å². The maximum Gasteiger partial charge on any atom is 0.0395 e. The van der Waals surface area contributed by atoms with Gasteiger partial charge in [-0.1, -0.05) is 23.8 Å².